The van der Waals surface area contributed by atoms with Crippen LogP contribution in [0.4, 0.5) is 0 Å². The van der Waals surface area contributed by atoms with E-state index in [4.69, 9.17) is 9.97 Å². The van der Waals surface area contributed by atoms with E-state index in [1.54, 1.807) is 6.07 Å². The summed E-state index contributed by atoms with van der Waals surface area (Å²) in [5.74, 6) is 0.197. The molecule has 0 spiro atoms. The van der Waals surface area contributed by atoms with Gasteiger partial charge in [-0.25, -0.2) is 0 Å². The maximum Gasteiger partial charge on any atom is 0.124 e. The first kappa shape index (κ1) is 40.3. The zero-order chi connectivity index (χ0) is 39.6. The van der Waals surface area contributed by atoms with E-state index in [9.17, 15) is 5.11 Å². The SMILES string of the molecule is CC(C)(C)c1ccc(O)c(-c2cc(-c3ccc(Cc4ccccc4)cc3)cc(-c3[c-]c(-c4cc(-c5ccccc5)ccn4)cc(C(C)(C)c4ccccc4)c3)n2)c1.[Pt]. The summed E-state index contributed by atoms with van der Waals surface area (Å²) in [5, 5.41) is 11.4. The number of aromatic nitrogens is 2. The van der Waals surface area contributed by atoms with E-state index in [2.05, 4.69) is 192 Å². The maximum absolute atomic E-state index is 11.4. The maximum atomic E-state index is 11.4. The van der Waals surface area contributed by atoms with Crippen molar-refractivity contribution < 1.29 is 26.2 Å². The summed E-state index contributed by atoms with van der Waals surface area (Å²) in [6.45, 7) is 11.1. The molecule has 0 saturated heterocycles. The van der Waals surface area contributed by atoms with E-state index < -0.39 is 0 Å². The second-order valence-corrected chi connectivity index (χ2v) is 16.5. The zero-order valence-electron chi connectivity index (χ0n) is 33.6. The summed E-state index contributed by atoms with van der Waals surface area (Å²) in [6.07, 6.45) is 2.74. The minimum absolute atomic E-state index is 0. The van der Waals surface area contributed by atoms with E-state index in [1.165, 1.54) is 16.7 Å². The van der Waals surface area contributed by atoms with Crippen molar-refractivity contribution in [2.45, 2.75) is 51.9 Å². The van der Waals surface area contributed by atoms with Crippen LogP contribution in [0.15, 0.2) is 176 Å². The Hall–Kier alpha value is -5.89. The van der Waals surface area contributed by atoms with E-state index in [0.29, 0.717) is 11.3 Å². The number of rotatable bonds is 9. The number of benzene rings is 6. The van der Waals surface area contributed by atoms with Crippen LogP contribution in [-0.2, 0) is 38.3 Å². The normalized spacial score (nSPS) is 11.5. The van der Waals surface area contributed by atoms with Crippen molar-refractivity contribution in [2.24, 2.45) is 0 Å². The molecule has 2 aromatic heterocycles. The van der Waals surface area contributed by atoms with Gasteiger partial charge in [0.2, 0.25) is 0 Å². The van der Waals surface area contributed by atoms with Gasteiger partial charge < -0.3 is 5.11 Å². The largest absolute Gasteiger partial charge is 0.507 e. The van der Waals surface area contributed by atoms with Gasteiger partial charge in [0.15, 0.2) is 0 Å². The van der Waals surface area contributed by atoms with Crippen LogP contribution in [-0.4, -0.2) is 15.1 Å². The van der Waals surface area contributed by atoms with Crippen molar-refractivity contribution >= 4 is 0 Å². The van der Waals surface area contributed by atoms with Crippen molar-refractivity contribution in [2.75, 3.05) is 0 Å². The van der Waals surface area contributed by atoms with E-state index in [-0.39, 0.29) is 37.6 Å². The molecular formula is C54H47N2OPt-. The molecule has 8 rings (SSSR count). The Morgan fingerprint density at radius 2 is 1.05 bits per heavy atom. The first-order valence-electron chi connectivity index (χ1n) is 19.7. The van der Waals surface area contributed by atoms with Crippen molar-refractivity contribution in [1.82, 2.24) is 9.97 Å². The number of hydrogen-bond donors (Lipinski definition) is 1. The Kier molecular flexibility index (Phi) is 11.8. The van der Waals surface area contributed by atoms with E-state index >= 15 is 0 Å². The van der Waals surface area contributed by atoms with Crippen LogP contribution in [0.3, 0.4) is 0 Å². The number of aromatic hydroxyl groups is 1. The average Bonchev–Trinajstić information content (AvgIpc) is 3.24. The Bertz CT molecular complexity index is 2650. The van der Waals surface area contributed by atoms with Gasteiger partial charge in [-0.2, -0.15) is 0 Å². The van der Waals surface area contributed by atoms with Gasteiger partial charge in [0.05, 0.1) is 5.69 Å². The summed E-state index contributed by atoms with van der Waals surface area (Å²) in [7, 11) is 0. The fourth-order valence-electron chi connectivity index (χ4n) is 7.44. The smallest absolute Gasteiger partial charge is 0.124 e. The van der Waals surface area contributed by atoms with Crippen molar-refractivity contribution in [3.05, 3.63) is 210 Å². The third kappa shape index (κ3) is 8.81. The molecule has 2 heterocycles. The van der Waals surface area contributed by atoms with Crippen LogP contribution in [0.25, 0.3) is 56.0 Å². The van der Waals surface area contributed by atoms with Gasteiger partial charge in [-0.15, -0.1) is 23.8 Å². The van der Waals surface area contributed by atoms with Crippen LogP contribution >= 0.6 is 0 Å². The van der Waals surface area contributed by atoms with Crippen molar-refractivity contribution in [3.63, 3.8) is 0 Å². The quantitative estimate of drug-likeness (QED) is 0.147. The third-order valence-electron chi connectivity index (χ3n) is 11.0. The molecule has 4 heteroatoms. The predicted molar refractivity (Wildman–Crippen MR) is 236 cm³/mol. The van der Waals surface area contributed by atoms with Crippen molar-refractivity contribution in [1.29, 1.82) is 0 Å². The van der Waals surface area contributed by atoms with Gasteiger partial charge in [-0.3, -0.25) is 9.97 Å². The molecule has 58 heavy (non-hydrogen) atoms. The van der Waals surface area contributed by atoms with Crippen LogP contribution in [0.5, 0.6) is 5.75 Å². The molecule has 0 radical (unpaired) electrons. The molecule has 1 N–H and O–H groups in total. The van der Waals surface area contributed by atoms with Crippen LogP contribution in [0.1, 0.15) is 62.4 Å². The predicted octanol–water partition coefficient (Wildman–Crippen LogP) is 13.5. The molecule has 8 aromatic rings. The number of phenolic OH excluding ortho intramolecular Hbond substituents is 1. The monoisotopic (exact) mass is 934 g/mol. The number of hydrogen-bond acceptors (Lipinski definition) is 3. The number of pyridine rings is 2. The summed E-state index contributed by atoms with van der Waals surface area (Å²) < 4.78 is 0. The summed E-state index contributed by atoms with van der Waals surface area (Å²) in [6, 6.07) is 62.9. The Labute approximate surface area is 357 Å². The van der Waals surface area contributed by atoms with Gasteiger partial charge >= 0.3 is 0 Å². The van der Waals surface area contributed by atoms with Gasteiger partial charge in [0.25, 0.3) is 0 Å². The molecule has 0 atom stereocenters. The second kappa shape index (κ2) is 16.9. The summed E-state index contributed by atoms with van der Waals surface area (Å²) >= 11 is 0. The van der Waals surface area contributed by atoms with E-state index in [0.717, 1.165) is 62.3 Å². The van der Waals surface area contributed by atoms with Crippen LogP contribution < -0.4 is 0 Å². The molecule has 0 aliphatic carbocycles. The molecule has 0 saturated carbocycles. The molecule has 0 aliphatic rings. The summed E-state index contributed by atoms with van der Waals surface area (Å²) in [5.41, 5.74) is 14.6. The molecule has 0 bridgehead atoms. The topological polar surface area (TPSA) is 46.0 Å². The first-order chi connectivity index (χ1) is 27.5. The van der Waals surface area contributed by atoms with Gasteiger partial charge in [-0.1, -0.05) is 179 Å². The van der Waals surface area contributed by atoms with Gasteiger partial charge in [0.1, 0.15) is 5.75 Å². The molecule has 0 unspecified atom stereocenters. The zero-order valence-corrected chi connectivity index (χ0v) is 35.9. The second-order valence-electron chi connectivity index (χ2n) is 16.5. The standard InChI is InChI=1S/C54H47N2O.Pt/c1-53(2,3)46-25-26-52(57)48(36-46)51-35-42(40-23-21-38(22-24-40)29-37-15-9-6-10-16-37)34-50(56-51)44-30-43(31-47(32-44)54(4,5)45-19-13-8-14-20-45)49-33-41(27-28-55-49)39-17-11-7-12-18-39;/h6-28,31-36,57H,29H2,1-5H3;/q-1;. The molecule has 6 aromatic carbocycles. The van der Waals surface area contributed by atoms with Gasteiger partial charge in [0, 0.05) is 49.6 Å². The number of phenols is 1. The minimum Gasteiger partial charge on any atom is -0.507 e. The summed E-state index contributed by atoms with van der Waals surface area (Å²) in [4.78, 5) is 10.2. The Morgan fingerprint density at radius 1 is 0.483 bits per heavy atom. The average molecular weight is 935 g/mol. The molecule has 0 amide bonds. The Balaban J connectivity index is 0.00000512. The van der Waals surface area contributed by atoms with Crippen LogP contribution in [0.2, 0.25) is 0 Å². The molecule has 0 aliphatic heterocycles. The number of nitrogens with zero attached hydrogens (tertiary/aromatic N) is 2. The Morgan fingerprint density at radius 3 is 1.72 bits per heavy atom. The van der Waals surface area contributed by atoms with Crippen molar-refractivity contribution in [3.8, 4) is 61.8 Å². The fourth-order valence-corrected chi connectivity index (χ4v) is 7.44. The first-order valence-corrected chi connectivity index (χ1v) is 19.7. The fraction of sp³-hybridized carbons (Fsp3) is 0.148. The molecule has 3 nitrogen and oxygen atoms in total. The third-order valence-corrected chi connectivity index (χ3v) is 11.0. The molecule has 290 valence electrons. The molecule has 0 fully saturated rings. The minimum atomic E-state index is -0.342. The molecular weight excluding hydrogens is 888 g/mol. The van der Waals surface area contributed by atoms with E-state index in [1.807, 2.05) is 18.3 Å². The van der Waals surface area contributed by atoms with Crippen LogP contribution in [0, 0.1) is 6.07 Å². The van der Waals surface area contributed by atoms with Gasteiger partial charge in [-0.05, 0) is 80.6 Å².